The molecule has 0 N–H and O–H groups in total. The molecule has 0 saturated carbocycles. The molecule has 0 aliphatic rings. The molecule has 8 heteroatoms. The van der Waals surface area contributed by atoms with E-state index >= 15 is 0 Å². The quantitative estimate of drug-likeness (QED) is 0.178. The molecule has 1 nitrogen and oxygen atoms in total. The molecule has 2 aromatic rings. The summed E-state index contributed by atoms with van der Waals surface area (Å²) in [5.74, 6) is -10.4. The molecule has 0 aliphatic heterocycles. The monoisotopic (exact) mass is 337 g/mol. The molecule has 0 bridgehead atoms. The minimum atomic E-state index is -2.24. The van der Waals surface area contributed by atoms with Crippen LogP contribution in [0.2, 0.25) is 0 Å². The van der Waals surface area contributed by atoms with Crippen molar-refractivity contribution in [2.24, 2.45) is 4.99 Å². The third-order valence-corrected chi connectivity index (χ3v) is 3.42. The van der Waals surface area contributed by atoms with E-state index in [9.17, 15) is 22.0 Å². The molecule has 0 radical (unpaired) electrons. The first-order valence-electron chi connectivity index (χ1n) is 5.40. The van der Waals surface area contributed by atoms with E-state index < -0.39 is 34.8 Å². The maximum absolute atomic E-state index is 13.4. The highest BCUT2D eigenvalue weighted by Gasteiger charge is 2.25. The van der Waals surface area contributed by atoms with Gasteiger partial charge in [0, 0.05) is 4.90 Å². The Morgan fingerprint density at radius 2 is 1.29 bits per heavy atom. The molecular weight excluding hydrogens is 333 g/mol. The van der Waals surface area contributed by atoms with Gasteiger partial charge in [0.15, 0.2) is 27.8 Å². The summed E-state index contributed by atoms with van der Waals surface area (Å²) in [6.45, 7) is 0. The Morgan fingerprint density at radius 1 is 0.810 bits per heavy atom. The number of halogens is 6. The first-order chi connectivity index (χ1) is 9.91. The molecule has 110 valence electrons. The minimum absolute atomic E-state index is 0.385. The third kappa shape index (κ3) is 3.36. The highest BCUT2D eigenvalue weighted by molar-refractivity contribution is 8.16. The van der Waals surface area contributed by atoms with Crippen molar-refractivity contribution in [3.63, 3.8) is 0 Å². The van der Waals surface area contributed by atoms with Crippen molar-refractivity contribution >= 4 is 33.6 Å². The summed E-state index contributed by atoms with van der Waals surface area (Å²) < 4.78 is 65.3. The van der Waals surface area contributed by atoms with Gasteiger partial charge in [-0.05, 0) is 12.1 Å². The normalized spacial score (nSPS) is 11.8. The second-order valence-electron chi connectivity index (χ2n) is 3.70. The lowest BCUT2D eigenvalue weighted by atomic mass is 10.2. The Kier molecular flexibility index (Phi) is 4.84. The molecule has 0 spiro atoms. The number of rotatable bonds is 2. The van der Waals surface area contributed by atoms with Crippen LogP contribution in [0.3, 0.4) is 0 Å². The lowest BCUT2D eigenvalue weighted by Crippen LogP contribution is -2.01. The van der Waals surface area contributed by atoms with Gasteiger partial charge in [0.1, 0.15) is 5.69 Å². The Bertz CT molecular complexity index is 676. The Labute approximate surface area is 125 Å². The van der Waals surface area contributed by atoms with E-state index in [0.717, 1.165) is 11.8 Å². The van der Waals surface area contributed by atoms with Crippen LogP contribution in [0.15, 0.2) is 40.2 Å². The van der Waals surface area contributed by atoms with Crippen molar-refractivity contribution < 1.29 is 22.0 Å². The van der Waals surface area contributed by atoms with Crippen LogP contribution < -0.4 is 0 Å². The SMILES string of the molecule is Fc1c(F)c(F)c(N=C(Cl)Sc2ccccc2)c(F)c1F. The molecule has 2 rings (SSSR count). The minimum Gasteiger partial charge on any atom is -0.223 e. The summed E-state index contributed by atoms with van der Waals surface area (Å²) in [7, 11) is 0. The first kappa shape index (κ1) is 15.8. The fourth-order valence-corrected chi connectivity index (χ4v) is 2.36. The predicted molar refractivity (Wildman–Crippen MR) is 71.5 cm³/mol. The second kappa shape index (κ2) is 6.44. The van der Waals surface area contributed by atoms with Gasteiger partial charge in [0.2, 0.25) is 5.82 Å². The highest BCUT2D eigenvalue weighted by atomic mass is 35.5. The van der Waals surface area contributed by atoms with Gasteiger partial charge >= 0.3 is 0 Å². The van der Waals surface area contributed by atoms with Crippen LogP contribution in [0.1, 0.15) is 0 Å². The molecule has 0 saturated heterocycles. The zero-order valence-electron chi connectivity index (χ0n) is 10.0. The van der Waals surface area contributed by atoms with Crippen LogP contribution in [-0.4, -0.2) is 4.50 Å². The number of hydrogen-bond donors (Lipinski definition) is 0. The van der Waals surface area contributed by atoms with E-state index in [0.29, 0.717) is 4.90 Å². The van der Waals surface area contributed by atoms with E-state index in [1.54, 1.807) is 30.3 Å². The van der Waals surface area contributed by atoms with Crippen molar-refractivity contribution in [2.75, 3.05) is 0 Å². The lowest BCUT2D eigenvalue weighted by Gasteiger charge is -2.05. The fraction of sp³-hybridized carbons (Fsp3) is 0. The molecule has 0 heterocycles. The third-order valence-electron chi connectivity index (χ3n) is 2.33. The van der Waals surface area contributed by atoms with E-state index in [1.165, 1.54) is 0 Å². The molecule has 0 amide bonds. The molecule has 0 aliphatic carbocycles. The summed E-state index contributed by atoms with van der Waals surface area (Å²) >= 11 is 6.49. The summed E-state index contributed by atoms with van der Waals surface area (Å²) in [5, 5.41) is 0. The van der Waals surface area contributed by atoms with Gasteiger partial charge in [-0.15, -0.1) is 0 Å². The Balaban J connectivity index is 2.41. The maximum Gasteiger partial charge on any atom is 0.200 e. The van der Waals surface area contributed by atoms with Gasteiger partial charge < -0.3 is 0 Å². The second-order valence-corrected chi connectivity index (χ2v) is 5.34. The molecule has 0 unspecified atom stereocenters. The van der Waals surface area contributed by atoms with E-state index in [-0.39, 0.29) is 4.50 Å². The summed E-state index contributed by atoms with van der Waals surface area (Å²) in [6, 6.07) is 8.39. The van der Waals surface area contributed by atoms with Crippen LogP contribution in [0.4, 0.5) is 27.6 Å². The zero-order valence-corrected chi connectivity index (χ0v) is 11.6. The van der Waals surface area contributed by atoms with Crippen LogP contribution in [0.5, 0.6) is 0 Å². The van der Waals surface area contributed by atoms with Crippen molar-refractivity contribution in [3.8, 4) is 0 Å². The zero-order chi connectivity index (χ0) is 15.6. The average Bonchev–Trinajstić information content (AvgIpc) is 2.48. The van der Waals surface area contributed by atoms with Crippen molar-refractivity contribution in [1.82, 2.24) is 0 Å². The van der Waals surface area contributed by atoms with Gasteiger partial charge in [-0.1, -0.05) is 41.6 Å². The van der Waals surface area contributed by atoms with Crippen LogP contribution in [0, 0.1) is 29.1 Å². The van der Waals surface area contributed by atoms with E-state index in [2.05, 4.69) is 4.99 Å². The van der Waals surface area contributed by atoms with Gasteiger partial charge in [-0.3, -0.25) is 0 Å². The number of hydrogen-bond acceptors (Lipinski definition) is 2. The molecule has 0 aromatic heterocycles. The van der Waals surface area contributed by atoms with Crippen LogP contribution >= 0.6 is 23.4 Å². The molecule has 0 atom stereocenters. The Morgan fingerprint density at radius 3 is 1.81 bits per heavy atom. The van der Waals surface area contributed by atoms with Gasteiger partial charge in [0.25, 0.3) is 0 Å². The van der Waals surface area contributed by atoms with Gasteiger partial charge in [0.05, 0.1) is 0 Å². The molecule has 21 heavy (non-hydrogen) atoms. The van der Waals surface area contributed by atoms with Crippen molar-refractivity contribution in [1.29, 1.82) is 0 Å². The summed E-state index contributed by atoms with van der Waals surface area (Å²) in [5.41, 5.74) is -1.32. The molecule has 0 fully saturated rings. The predicted octanol–water partition coefficient (Wildman–Crippen LogP) is 5.40. The van der Waals surface area contributed by atoms with Crippen molar-refractivity contribution in [3.05, 3.63) is 59.4 Å². The standard InChI is InChI=1S/C13H5ClF5NS/c14-13(21-6-4-2-1-3-5-6)20-12-10(18)8(16)7(15)9(17)11(12)19/h1-5H. The smallest absolute Gasteiger partial charge is 0.200 e. The largest absolute Gasteiger partial charge is 0.223 e. The fourth-order valence-electron chi connectivity index (χ4n) is 1.39. The summed E-state index contributed by atoms with van der Waals surface area (Å²) in [6.07, 6.45) is 0. The molecule has 2 aromatic carbocycles. The number of nitrogens with zero attached hydrogens (tertiary/aromatic N) is 1. The number of benzene rings is 2. The molecular formula is C13H5ClF5NS. The van der Waals surface area contributed by atoms with Gasteiger partial charge in [-0.2, -0.15) is 0 Å². The number of thioether (sulfide) groups is 1. The lowest BCUT2D eigenvalue weighted by molar-refractivity contribution is 0.381. The van der Waals surface area contributed by atoms with E-state index in [4.69, 9.17) is 11.6 Å². The highest BCUT2D eigenvalue weighted by Crippen LogP contribution is 2.32. The summed E-state index contributed by atoms with van der Waals surface area (Å²) in [4.78, 5) is 3.86. The van der Waals surface area contributed by atoms with Gasteiger partial charge in [-0.25, -0.2) is 26.9 Å². The maximum atomic E-state index is 13.4. The topological polar surface area (TPSA) is 12.4 Å². The van der Waals surface area contributed by atoms with Crippen molar-refractivity contribution in [2.45, 2.75) is 4.90 Å². The number of aliphatic imine (C=N–C) groups is 1. The van der Waals surface area contributed by atoms with Crippen LogP contribution in [-0.2, 0) is 0 Å². The van der Waals surface area contributed by atoms with E-state index in [1.807, 2.05) is 0 Å². The average molecular weight is 338 g/mol. The Hall–Kier alpha value is -1.60. The van der Waals surface area contributed by atoms with Crippen LogP contribution in [0.25, 0.3) is 0 Å². The first-order valence-corrected chi connectivity index (χ1v) is 6.59.